The molecule has 2 aromatic heterocycles. The first-order chi connectivity index (χ1) is 15.2. The van der Waals surface area contributed by atoms with E-state index in [1.807, 2.05) is 54.6 Å². The second-order valence-electron chi connectivity index (χ2n) is 9.03. The predicted octanol–water partition coefficient (Wildman–Crippen LogP) is 6.07. The minimum Gasteiger partial charge on any atom is -0.498 e. The number of nitrogens with zero attached hydrogens (tertiary/aromatic N) is 2. The number of allylic oxidation sites excluding steroid dienone is 4. The molecule has 0 saturated heterocycles. The molecule has 1 aliphatic rings. The van der Waals surface area contributed by atoms with Crippen molar-refractivity contribution in [1.82, 2.24) is 9.97 Å². The minimum absolute atomic E-state index is 0. The van der Waals surface area contributed by atoms with Crippen LogP contribution in [0.1, 0.15) is 44.8 Å². The molecule has 1 aliphatic carbocycles. The van der Waals surface area contributed by atoms with E-state index in [1.165, 1.54) is 0 Å². The van der Waals surface area contributed by atoms with Gasteiger partial charge in [0.05, 0.1) is 14.2 Å². The van der Waals surface area contributed by atoms with E-state index in [1.54, 1.807) is 14.2 Å². The molecule has 0 spiro atoms. The molecule has 0 radical (unpaired) electrons. The van der Waals surface area contributed by atoms with Gasteiger partial charge in [0.2, 0.25) is 0 Å². The topological polar surface area (TPSA) is 44.2 Å². The Labute approximate surface area is 211 Å². The Morgan fingerprint density at radius 2 is 1.48 bits per heavy atom. The second-order valence-corrected chi connectivity index (χ2v) is 9.03. The Kier molecular flexibility index (Phi) is 7.29. The van der Waals surface area contributed by atoms with Crippen LogP contribution >= 0.6 is 0 Å². The SMILES string of the molecule is COc1cc(C2=[C-]C=CC2(C)C)nc(C(C)(C)c2cc(OC)cc(-c3[c-]cccc3)n2)c1.[Pt+2]. The van der Waals surface area contributed by atoms with E-state index in [0.717, 1.165) is 45.4 Å². The Morgan fingerprint density at radius 1 is 0.879 bits per heavy atom. The summed E-state index contributed by atoms with van der Waals surface area (Å²) in [5, 5.41) is 0. The van der Waals surface area contributed by atoms with Crippen molar-refractivity contribution in [2.75, 3.05) is 14.2 Å². The molecule has 0 aliphatic heterocycles. The summed E-state index contributed by atoms with van der Waals surface area (Å²) in [5.74, 6) is 1.50. The summed E-state index contributed by atoms with van der Waals surface area (Å²) in [6.45, 7) is 8.57. The number of hydrogen-bond acceptors (Lipinski definition) is 4. The zero-order chi connectivity index (χ0) is 22.9. The number of benzene rings is 1. The first kappa shape index (κ1) is 24.9. The number of hydrogen-bond donors (Lipinski definition) is 0. The van der Waals surface area contributed by atoms with Crippen molar-refractivity contribution in [1.29, 1.82) is 0 Å². The van der Waals surface area contributed by atoms with Crippen LogP contribution in [0.5, 0.6) is 11.5 Å². The van der Waals surface area contributed by atoms with Gasteiger partial charge < -0.3 is 19.4 Å². The molecule has 1 aromatic carbocycles. The van der Waals surface area contributed by atoms with Crippen molar-refractivity contribution in [3.63, 3.8) is 0 Å². The fourth-order valence-corrected chi connectivity index (χ4v) is 3.84. The molecule has 0 atom stereocenters. The molecule has 4 nitrogen and oxygen atoms in total. The summed E-state index contributed by atoms with van der Waals surface area (Å²) in [6.07, 6.45) is 7.47. The average molecular weight is 620 g/mol. The Hall–Kier alpha value is -2.71. The zero-order valence-corrected chi connectivity index (χ0v) is 22.1. The van der Waals surface area contributed by atoms with Crippen molar-refractivity contribution in [2.24, 2.45) is 5.41 Å². The van der Waals surface area contributed by atoms with Gasteiger partial charge in [0.25, 0.3) is 0 Å². The normalized spacial score (nSPS) is 14.4. The molecular weight excluding hydrogens is 591 g/mol. The van der Waals surface area contributed by atoms with Gasteiger partial charge in [-0.05, 0) is 37.4 Å². The maximum Gasteiger partial charge on any atom is 2.00 e. The summed E-state index contributed by atoms with van der Waals surface area (Å²) in [6, 6.07) is 18.9. The first-order valence-corrected chi connectivity index (χ1v) is 10.7. The van der Waals surface area contributed by atoms with Crippen LogP contribution in [-0.2, 0) is 26.5 Å². The maximum atomic E-state index is 5.64. The summed E-state index contributed by atoms with van der Waals surface area (Å²) < 4.78 is 11.2. The van der Waals surface area contributed by atoms with Gasteiger partial charge >= 0.3 is 21.1 Å². The minimum atomic E-state index is -0.502. The molecule has 0 amide bonds. The summed E-state index contributed by atoms with van der Waals surface area (Å²) in [7, 11) is 3.35. The third-order valence-corrected chi connectivity index (χ3v) is 5.96. The second kappa shape index (κ2) is 9.65. The summed E-state index contributed by atoms with van der Waals surface area (Å²) >= 11 is 0. The van der Waals surface area contributed by atoms with E-state index in [0.29, 0.717) is 0 Å². The average Bonchev–Trinajstić information content (AvgIpc) is 3.17. The van der Waals surface area contributed by atoms with Crippen molar-refractivity contribution < 1.29 is 30.5 Å². The molecule has 0 unspecified atom stereocenters. The molecule has 0 N–H and O–H groups in total. The smallest absolute Gasteiger partial charge is 0.498 e. The van der Waals surface area contributed by atoms with Gasteiger partial charge in [0.15, 0.2) is 0 Å². The van der Waals surface area contributed by atoms with Crippen LogP contribution in [0, 0.1) is 17.6 Å². The number of rotatable bonds is 6. The van der Waals surface area contributed by atoms with Gasteiger partial charge in [-0.2, -0.15) is 18.2 Å². The molecule has 0 bridgehead atoms. The van der Waals surface area contributed by atoms with Gasteiger partial charge in [-0.1, -0.05) is 19.3 Å². The van der Waals surface area contributed by atoms with Gasteiger partial charge in [-0.25, -0.2) is 0 Å². The van der Waals surface area contributed by atoms with Crippen molar-refractivity contribution in [2.45, 2.75) is 33.1 Å². The quantitative estimate of drug-likeness (QED) is 0.315. The number of aromatic nitrogens is 2. The number of ether oxygens (including phenoxy) is 2. The van der Waals surface area contributed by atoms with E-state index in [4.69, 9.17) is 19.4 Å². The Bertz CT molecular complexity index is 1200. The zero-order valence-electron chi connectivity index (χ0n) is 19.8. The monoisotopic (exact) mass is 619 g/mol. The van der Waals surface area contributed by atoms with Crippen LogP contribution in [-0.4, -0.2) is 24.2 Å². The van der Waals surface area contributed by atoms with Crippen LogP contribution in [0.15, 0.2) is 60.7 Å². The number of methoxy groups -OCH3 is 2. The van der Waals surface area contributed by atoms with Crippen LogP contribution in [0.2, 0.25) is 0 Å². The van der Waals surface area contributed by atoms with E-state index < -0.39 is 5.41 Å². The largest absolute Gasteiger partial charge is 2.00 e. The van der Waals surface area contributed by atoms with Gasteiger partial charge in [-0.3, -0.25) is 0 Å². The molecular formula is C28H28N2O2Pt. The first-order valence-electron chi connectivity index (χ1n) is 10.7. The molecule has 3 aromatic rings. The van der Waals surface area contributed by atoms with Crippen LogP contribution in [0.4, 0.5) is 0 Å². The Balaban J connectivity index is 0.00000306. The van der Waals surface area contributed by atoms with Crippen molar-refractivity contribution in [3.8, 4) is 22.8 Å². The van der Waals surface area contributed by atoms with Crippen LogP contribution in [0.25, 0.3) is 16.8 Å². The van der Waals surface area contributed by atoms with Gasteiger partial charge in [-0.15, -0.1) is 41.5 Å². The molecule has 5 heteroatoms. The van der Waals surface area contributed by atoms with Crippen molar-refractivity contribution in [3.05, 3.63) is 89.9 Å². The molecule has 33 heavy (non-hydrogen) atoms. The third kappa shape index (κ3) is 4.96. The maximum absolute atomic E-state index is 5.64. The van der Waals surface area contributed by atoms with Gasteiger partial charge in [0, 0.05) is 28.9 Å². The summed E-state index contributed by atoms with van der Waals surface area (Å²) in [4.78, 5) is 10.0. The fourth-order valence-electron chi connectivity index (χ4n) is 3.84. The standard InChI is InChI=1S/C28H28N2O2.Pt/c1-27(2)14-10-13-22(27)24-16-21(32-6)18-26(30-24)28(3,4)25-17-20(31-5)15-23(29-25)19-11-8-7-9-12-19;/h7-11,14-18H,1-6H3;/q-2;+2. The molecule has 172 valence electrons. The van der Waals surface area contributed by atoms with E-state index in [2.05, 4.69) is 45.9 Å². The molecule has 0 saturated carbocycles. The summed E-state index contributed by atoms with van der Waals surface area (Å²) in [5.41, 5.74) is 4.73. The molecule has 2 heterocycles. The Morgan fingerprint density at radius 3 is 2.00 bits per heavy atom. The van der Waals surface area contributed by atoms with E-state index in [-0.39, 0.29) is 26.5 Å². The van der Waals surface area contributed by atoms with E-state index >= 15 is 0 Å². The van der Waals surface area contributed by atoms with Gasteiger partial charge in [0.1, 0.15) is 11.5 Å². The molecule has 4 rings (SSSR count). The van der Waals surface area contributed by atoms with Crippen LogP contribution < -0.4 is 9.47 Å². The predicted molar refractivity (Wildman–Crippen MR) is 128 cm³/mol. The fraction of sp³-hybridized carbons (Fsp3) is 0.286. The number of pyridine rings is 2. The third-order valence-electron chi connectivity index (χ3n) is 5.96. The molecule has 0 fully saturated rings. The van der Waals surface area contributed by atoms with Crippen LogP contribution in [0.3, 0.4) is 0 Å². The van der Waals surface area contributed by atoms with Crippen molar-refractivity contribution >= 4 is 5.57 Å². The van der Waals surface area contributed by atoms with E-state index in [9.17, 15) is 0 Å².